The molecule has 18 heavy (non-hydrogen) atoms. The molecule has 1 aliphatic carbocycles. The van der Waals surface area contributed by atoms with Crippen LogP contribution in [-0.2, 0) is 9.47 Å². The van der Waals surface area contributed by atoms with E-state index in [9.17, 15) is 0 Å². The second-order valence-corrected chi connectivity index (χ2v) is 6.35. The highest BCUT2D eigenvalue weighted by Gasteiger charge is 2.49. The summed E-state index contributed by atoms with van der Waals surface area (Å²) in [6.45, 7) is 7.64. The Balaban J connectivity index is 1.84. The van der Waals surface area contributed by atoms with Crippen molar-refractivity contribution in [2.75, 3.05) is 33.9 Å². The van der Waals surface area contributed by atoms with E-state index in [0.717, 1.165) is 38.9 Å². The van der Waals surface area contributed by atoms with Crippen molar-refractivity contribution in [2.45, 2.75) is 50.9 Å². The van der Waals surface area contributed by atoms with Crippen molar-refractivity contribution in [3.8, 4) is 0 Å². The molecule has 0 bridgehead atoms. The number of nitrogens with one attached hydrogen (secondary N) is 2. The second kappa shape index (κ2) is 5.45. The summed E-state index contributed by atoms with van der Waals surface area (Å²) in [5, 5.41) is 7.10. The first-order chi connectivity index (χ1) is 8.54. The Bertz CT molecular complexity index is 275. The average molecular weight is 256 g/mol. The molecule has 1 saturated heterocycles. The molecule has 2 rings (SSSR count). The molecule has 1 heterocycles. The summed E-state index contributed by atoms with van der Waals surface area (Å²) in [4.78, 5) is 0. The van der Waals surface area contributed by atoms with Gasteiger partial charge in [0.05, 0.1) is 11.7 Å². The molecule has 106 valence electrons. The Hall–Kier alpha value is -0.160. The first kappa shape index (κ1) is 14.3. The lowest BCUT2D eigenvalue weighted by Crippen LogP contribution is -2.63. The third-order valence-corrected chi connectivity index (χ3v) is 5.08. The minimum atomic E-state index is 0.0273. The van der Waals surface area contributed by atoms with Gasteiger partial charge in [0.25, 0.3) is 0 Å². The summed E-state index contributed by atoms with van der Waals surface area (Å²) >= 11 is 0. The monoisotopic (exact) mass is 256 g/mol. The largest absolute Gasteiger partial charge is 0.381 e. The molecule has 4 heteroatoms. The maximum atomic E-state index is 5.79. The second-order valence-electron chi connectivity index (χ2n) is 6.35. The van der Waals surface area contributed by atoms with E-state index in [4.69, 9.17) is 9.47 Å². The molecule has 1 aliphatic heterocycles. The molecule has 4 nitrogen and oxygen atoms in total. The zero-order chi connectivity index (χ0) is 13.2. The normalized spacial score (nSPS) is 34.0. The lowest BCUT2D eigenvalue weighted by Gasteiger charge is -2.52. The molecular weight excluding hydrogens is 228 g/mol. The fraction of sp³-hybridized carbons (Fsp3) is 1.00. The van der Waals surface area contributed by atoms with E-state index in [1.165, 1.54) is 0 Å². The van der Waals surface area contributed by atoms with Gasteiger partial charge in [-0.3, -0.25) is 0 Å². The van der Waals surface area contributed by atoms with E-state index >= 15 is 0 Å². The lowest BCUT2D eigenvalue weighted by atomic mass is 9.64. The van der Waals surface area contributed by atoms with Crippen molar-refractivity contribution in [3.05, 3.63) is 0 Å². The number of methoxy groups -OCH3 is 2. The van der Waals surface area contributed by atoms with Gasteiger partial charge in [-0.2, -0.15) is 0 Å². The zero-order valence-electron chi connectivity index (χ0n) is 12.2. The van der Waals surface area contributed by atoms with Crippen LogP contribution < -0.4 is 10.6 Å². The lowest BCUT2D eigenvalue weighted by molar-refractivity contribution is -0.107. The van der Waals surface area contributed by atoms with E-state index in [1.54, 1.807) is 0 Å². The van der Waals surface area contributed by atoms with Crippen molar-refractivity contribution in [3.63, 3.8) is 0 Å². The number of piperidine rings is 1. The molecule has 0 aromatic carbocycles. The molecule has 0 spiro atoms. The number of ether oxygens (including phenoxy) is 2. The minimum absolute atomic E-state index is 0.0273. The molecule has 0 radical (unpaired) electrons. The fourth-order valence-electron chi connectivity index (χ4n) is 3.28. The van der Waals surface area contributed by atoms with Gasteiger partial charge < -0.3 is 20.1 Å². The maximum absolute atomic E-state index is 5.79. The standard InChI is InChI=1S/C14H28N2O2/c1-13(2)11(9-12(13)17-3)16-10-14(18-4)5-7-15-8-6-14/h11-12,15-16H,5-10H2,1-4H3. The van der Waals surface area contributed by atoms with Crippen LogP contribution in [0.25, 0.3) is 0 Å². The molecule has 2 unspecified atom stereocenters. The van der Waals surface area contributed by atoms with E-state index in [0.29, 0.717) is 12.1 Å². The molecule has 0 amide bonds. The fourth-order valence-corrected chi connectivity index (χ4v) is 3.28. The Kier molecular flexibility index (Phi) is 4.32. The summed E-state index contributed by atoms with van der Waals surface area (Å²) in [7, 11) is 3.66. The molecule has 0 aromatic heterocycles. The Morgan fingerprint density at radius 1 is 1.22 bits per heavy atom. The van der Waals surface area contributed by atoms with Crippen LogP contribution >= 0.6 is 0 Å². The highest BCUT2D eigenvalue weighted by Crippen LogP contribution is 2.42. The van der Waals surface area contributed by atoms with Gasteiger partial charge in [0.1, 0.15) is 0 Å². The molecule has 0 aromatic rings. The van der Waals surface area contributed by atoms with Gasteiger partial charge in [0, 0.05) is 32.2 Å². The van der Waals surface area contributed by atoms with Crippen LogP contribution in [0.3, 0.4) is 0 Å². The summed E-state index contributed by atoms with van der Waals surface area (Å²) in [6, 6.07) is 0.546. The van der Waals surface area contributed by atoms with Crippen LogP contribution in [0.1, 0.15) is 33.1 Å². The van der Waals surface area contributed by atoms with Crippen molar-refractivity contribution < 1.29 is 9.47 Å². The predicted octanol–water partition coefficient (Wildman–Crippen LogP) is 1.16. The topological polar surface area (TPSA) is 42.5 Å². The zero-order valence-corrected chi connectivity index (χ0v) is 12.2. The van der Waals surface area contributed by atoms with Gasteiger partial charge in [-0.15, -0.1) is 0 Å². The van der Waals surface area contributed by atoms with Crippen LogP contribution in [0.5, 0.6) is 0 Å². The highest BCUT2D eigenvalue weighted by molar-refractivity contribution is 5.04. The van der Waals surface area contributed by atoms with Crippen molar-refractivity contribution in [1.29, 1.82) is 0 Å². The van der Waals surface area contributed by atoms with Gasteiger partial charge in [0.2, 0.25) is 0 Å². The molecule has 2 atom stereocenters. The quantitative estimate of drug-likeness (QED) is 0.774. The van der Waals surface area contributed by atoms with Crippen molar-refractivity contribution in [2.24, 2.45) is 5.41 Å². The Morgan fingerprint density at radius 2 is 1.89 bits per heavy atom. The van der Waals surface area contributed by atoms with Crippen LogP contribution in [0.15, 0.2) is 0 Å². The van der Waals surface area contributed by atoms with Crippen LogP contribution in [0, 0.1) is 5.41 Å². The van der Waals surface area contributed by atoms with Gasteiger partial charge in [-0.1, -0.05) is 13.8 Å². The van der Waals surface area contributed by atoms with Crippen LogP contribution in [-0.4, -0.2) is 51.6 Å². The van der Waals surface area contributed by atoms with E-state index in [1.807, 2.05) is 14.2 Å². The Morgan fingerprint density at radius 3 is 2.39 bits per heavy atom. The minimum Gasteiger partial charge on any atom is -0.381 e. The van der Waals surface area contributed by atoms with Gasteiger partial charge in [-0.25, -0.2) is 0 Å². The van der Waals surface area contributed by atoms with E-state index < -0.39 is 0 Å². The van der Waals surface area contributed by atoms with Crippen LogP contribution in [0.2, 0.25) is 0 Å². The summed E-state index contributed by atoms with van der Waals surface area (Å²) in [5.41, 5.74) is 0.260. The summed E-state index contributed by atoms with van der Waals surface area (Å²) in [5.74, 6) is 0. The maximum Gasteiger partial charge on any atom is 0.0826 e. The molecule has 2 aliphatic rings. The third kappa shape index (κ3) is 2.57. The Labute approximate surface area is 111 Å². The van der Waals surface area contributed by atoms with Crippen molar-refractivity contribution >= 4 is 0 Å². The molecule has 2 fully saturated rings. The smallest absolute Gasteiger partial charge is 0.0826 e. The summed E-state index contributed by atoms with van der Waals surface area (Å²) in [6.07, 6.45) is 3.69. The van der Waals surface area contributed by atoms with Crippen LogP contribution in [0.4, 0.5) is 0 Å². The predicted molar refractivity (Wildman–Crippen MR) is 72.8 cm³/mol. The highest BCUT2D eigenvalue weighted by atomic mass is 16.5. The first-order valence-electron chi connectivity index (χ1n) is 7.06. The third-order valence-electron chi connectivity index (χ3n) is 5.08. The van der Waals surface area contributed by atoms with E-state index in [2.05, 4.69) is 24.5 Å². The summed E-state index contributed by atoms with van der Waals surface area (Å²) < 4.78 is 11.3. The average Bonchev–Trinajstić information content (AvgIpc) is 2.39. The SMILES string of the molecule is COC1CC(NCC2(OC)CCNCC2)C1(C)C. The van der Waals surface area contributed by atoms with Gasteiger partial charge >= 0.3 is 0 Å². The number of hydrogen-bond donors (Lipinski definition) is 2. The number of hydrogen-bond acceptors (Lipinski definition) is 4. The van der Waals surface area contributed by atoms with Gasteiger partial charge in [0.15, 0.2) is 0 Å². The number of rotatable bonds is 5. The molecule has 2 N–H and O–H groups in total. The van der Waals surface area contributed by atoms with E-state index in [-0.39, 0.29) is 11.0 Å². The first-order valence-corrected chi connectivity index (χ1v) is 7.06. The van der Waals surface area contributed by atoms with Gasteiger partial charge in [-0.05, 0) is 32.4 Å². The van der Waals surface area contributed by atoms with Crippen molar-refractivity contribution in [1.82, 2.24) is 10.6 Å². The molecular formula is C14H28N2O2. The molecule has 1 saturated carbocycles.